The average molecular weight is 639 g/mol. The lowest BCUT2D eigenvalue weighted by atomic mass is 9.93. The maximum absolute atomic E-state index is 2.36. The summed E-state index contributed by atoms with van der Waals surface area (Å²) in [4.78, 5) is 2.35. The minimum absolute atomic E-state index is 1.11. The van der Waals surface area contributed by atoms with Crippen molar-refractivity contribution in [3.05, 3.63) is 206 Å². The third kappa shape index (κ3) is 5.43. The lowest BCUT2D eigenvalue weighted by Crippen LogP contribution is -2.09. The van der Waals surface area contributed by atoms with Crippen LogP contribution in [0.5, 0.6) is 0 Å². The molecule has 0 fully saturated rings. The van der Waals surface area contributed by atoms with E-state index in [4.69, 9.17) is 0 Å². The molecule has 0 amide bonds. The van der Waals surface area contributed by atoms with Gasteiger partial charge >= 0.3 is 0 Å². The molecule has 236 valence electrons. The third-order valence-corrected chi connectivity index (χ3v) is 9.55. The second-order valence-corrected chi connectivity index (χ2v) is 12.6. The van der Waals surface area contributed by atoms with E-state index in [9.17, 15) is 0 Å². The first-order valence-electron chi connectivity index (χ1n) is 17.1. The SMILES string of the molecule is c1ccc(-c2cc(-c3ccccc3)cc(-c3ccc(N(c4ccccc4)c4ccc5c(c4)c4ccccc4n5-c4ccccc4)cc3)c2)cc1. The number of rotatable bonds is 7. The van der Waals surface area contributed by atoms with Gasteiger partial charge in [0.25, 0.3) is 0 Å². The van der Waals surface area contributed by atoms with Gasteiger partial charge in [0.1, 0.15) is 0 Å². The minimum Gasteiger partial charge on any atom is -0.310 e. The Morgan fingerprint density at radius 1 is 0.280 bits per heavy atom. The monoisotopic (exact) mass is 638 g/mol. The number of para-hydroxylation sites is 3. The summed E-state index contributed by atoms with van der Waals surface area (Å²) in [5, 5.41) is 2.47. The van der Waals surface area contributed by atoms with Gasteiger partial charge in [0.2, 0.25) is 0 Å². The zero-order valence-corrected chi connectivity index (χ0v) is 27.5. The number of fused-ring (bicyclic) bond motifs is 3. The maximum Gasteiger partial charge on any atom is 0.0542 e. The molecule has 0 aliphatic carbocycles. The summed E-state index contributed by atoms with van der Waals surface area (Å²) in [6.07, 6.45) is 0. The first-order valence-corrected chi connectivity index (χ1v) is 17.1. The molecule has 0 N–H and O–H groups in total. The van der Waals surface area contributed by atoms with Crippen molar-refractivity contribution in [2.24, 2.45) is 0 Å². The van der Waals surface area contributed by atoms with E-state index in [1.165, 1.54) is 55.2 Å². The van der Waals surface area contributed by atoms with Gasteiger partial charge in [-0.1, -0.05) is 127 Å². The van der Waals surface area contributed by atoms with Gasteiger partial charge in [0.05, 0.1) is 11.0 Å². The summed E-state index contributed by atoms with van der Waals surface area (Å²) in [5.41, 5.74) is 14.1. The van der Waals surface area contributed by atoms with E-state index in [0.29, 0.717) is 0 Å². The van der Waals surface area contributed by atoms with Crippen molar-refractivity contribution in [2.45, 2.75) is 0 Å². The van der Waals surface area contributed by atoms with E-state index in [1.807, 2.05) is 0 Å². The molecule has 0 atom stereocenters. The fourth-order valence-electron chi connectivity index (χ4n) is 7.17. The summed E-state index contributed by atoms with van der Waals surface area (Å²) >= 11 is 0. The first-order chi connectivity index (χ1) is 24.8. The molecule has 1 aromatic heterocycles. The molecule has 2 heteroatoms. The van der Waals surface area contributed by atoms with Crippen LogP contribution in [0, 0.1) is 0 Å². The molecule has 0 spiro atoms. The van der Waals surface area contributed by atoms with Crippen molar-refractivity contribution >= 4 is 38.9 Å². The highest BCUT2D eigenvalue weighted by atomic mass is 15.1. The van der Waals surface area contributed by atoms with Crippen LogP contribution in [0.3, 0.4) is 0 Å². The molecule has 0 unspecified atom stereocenters. The van der Waals surface area contributed by atoms with E-state index in [1.54, 1.807) is 0 Å². The molecular formula is C48H34N2. The van der Waals surface area contributed by atoms with E-state index >= 15 is 0 Å². The van der Waals surface area contributed by atoms with Crippen LogP contribution in [-0.4, -0.2) is 4.57 Å². The molecule has 0 aliphatic heterocycles. The maximum atomic E-state index is 2.36. The molecule has 50 heavy (non-hydrogen) atoms. The molecule has 9 aromatic rings. The molecule has 9 rings (SSSR count). The van der Waals surface area contributed by atoms with Crippen LogP contribution in [0.2, 0.25) is 0 Å². The highest BCUT2D eigenvalue weighted by Crippen LogP contribution is 2.41. The molecule has 0 bridgehead atoms. The van der Waals surface area contributed by atoms with Crippen molar-refractivity contribution in [1.29, 1.82) is 0 Å². The van der Waals surface area contributed by atoms with Gasteiger partial charge in [-0.3, -0.25) is 0 Å². The van der Waals surface area contributed by atoms with Gasteiger partial charge < -0.3 is 9.47 Å². The van der Waals surface area contributed by atoms with Crippen LogP contribution < -0.4 is 4.90 Å². The van der Waals surface area contributed by atoms with E-state index < -0.39 is 0 Å². The molecule has 2 nitrogen and oxygen atoms in total. The molecule has 0 aliphatic rings. The Labute approximate surface area is 292 Å². The first kappa shape index (κ1) is 29.5. The smallest absolute Gasteiger partial charge is 0.0542 e. The predicted octanol–water partition coefficient (Wildman–Crippen LogP) is 13.3. The number of nitrogens with zero attached hydrogens (tertiary/aromatic N) is 2. The fourth-order valence-corrected chi connectivity index (χ4v) is 7.17. The standard InChI is InChI=1S/C48H34N2/c1-5-15-35(16-6-1)38-31-39(36-17-7-2-8-18-36)33-40(32-38)37-25-27-43(28-26-37)49(41-19-9-3-10-20-41)44-29-30-48-46(34-44)45-23-13-14-24-47(45)50(48)42-21-11-4-12-22-42/h1-34H. The average Bonchev–Trinajstić information content (AvgIpc) is 3.53. The number of aromatic nitrogens is 1. The summed E-state index contributed by atoms with van der Waals surface area (Å²) in [6, 6.07) is 74.0. The highest BCUT2D eigenvalue weighted by molar-refractivity contribution is 6.10. The number of hydrogen-bond donors (Lipinski definition) is 0. The molecule has 0 radical (unpaired) electrons. The third-order valence-electron chi connectivity index (χ3n) is 9.55. The van der Waals surface area contributed by atoms with Crippen LogP contribution in [0.1, 0.15) is 0 Å². The Kier molecular flexibility index (Phi) is 7.53. The summed E-state index contributed by atoms with van der Waals surface area (Å²) in [7, 11) is 0. The largest absolute Gasteiger partial charge is 0.310 e. The molecule has 1 heterocycles. The van der Waals surface area contributed by atoms with Gasteiger partial charge in [0.15, 0.2) is 0 Å². The Morgan fingerprint density at radius 3 is 1.32 bits per heavy atom. The number of benzene rings is 8. The van der Waals surface area contributed by atoms with Crippen molar-refractivity contribution in [2.75, 3.05) is 4.90 Å². The van der Waals surface area contributed by atoms with Crippen molar-refractivity contribution in [3.63, 3.8) is 0 Å². The Balaban J connectivity index is 1.16. The Morgan fingerprint density at radius 2 is 0.720 bits per heavy atom. The van der Waals surface area contributed by atoms with Gasteiger partial charge in [0, 0.05) is 33.5 Å². The second-order valence-electron chi connectivity index (χ2n) is 12.6. The second kappa shape index (κ2) is 12.8. The van der Waals surface area contributed by atoms with Gasteiger partial charge in [-0.15, -0.1) is 0 Å². The van der Waals surface area contributed by atoms with Gasteiger partial charge in [-0.05, 0) is 112 Å². The van der Waals surface area contributed by atoms with Crippen molar-refractivity contribution in [3.8, 4) is 39.1 Å². The van der Waals surface area contributed by atoms with Crippen LogP contribution in [-0.2, 0) is 0 Å². The molecule has 0 saturated carbocycles. The molecule has 0 saturated heterocycles. The zero-order valence-electron chi connectivity index (χ0n) is 27.5. The molecular weight excluding hydrogens is 605 g/mol. The highest BCUT2D eigenvalue weighted by Gasteiger charge is 2.17. The lowest BCUT2D eigenvalue weighted by molar-refractivity contribution is 1.18. The van der Waals surface area contributed by atoms with E-state index in [0.717, 1.165) is 22.7 Å². The van der Waals surface area contributed by atoms with Crippen molar-refractivity contribution < 1.29 is 0 Å². The Hall–Kier alpha value is -6.64. The minimum atomic E-state index is 1.11. The van der Waals surface area contributed by atoms with Crippen LogP contribution in [0.4, 0.5) is 17.1 Å². The fraction of sp³-hybridized carbons (Fsp3) is 0. The van der Waals surface area contributed by atoms with E-state index in [2.05, 4.69) is 216 Å². The van der Waals surface area contributed by atoms with Gasteiger partial charge in [-0.25, -0.2) is 0 Å². The van der Waals surface area contributed by atoms with Crippen LogP contribution in [0.25, 0.3) is 60.9 Å². The normalized spacial score (nSPS) is 11.2. The quantitative estimate of drug-likeness (QED) is 0.169. The summed E-state index contributed by atoms with van der Waals surface area (Å²) in [6.45, 7) is 0. The topological polar surface area (TPSA) is 8.17 Å². The van der Waals surface area contributed by atoms with Crippen LogP contribution >= 0.6 is 0 Å². The van der Waals surface area contributed by atoms with Crippen LogP contribution in [0.15, 0.2) is 206 Å². The molecule has 8 aromatic carbocycles. The zero-order chi connectivity index (χ0) is 33.3. The lowest BCUT2D eigenvalue weighted by Gasteiger charge is -2.26. The van der Waals surface area contributed by atoms with Gasteiger partial charge in [-0.2, -0.15) is 0 Å². The van der Waals surface area contributed by atoms with Crippen molar-refractivity contribution in [1.82, 2.24) is 4.57 Å². The predicted molar refractivity (Wildman–Crippen MR) is 212 cm³/mol. The van der Waals surface area contributed by atoms with E-state index in [-0.39, 0.29) is 0 Å². The summed E-state index contributed by atoms with van der Waals surface area (Å²) in [5.74, 6) is 0. The number of hydrogen-bond acceptors (Lipinski definition) is 1. The Bertz CT molecular complexity index is 2500. The summed E-state index contributed by atoms with van der Waals surface area (Å²) < 4.78 is 2.36. The number of anilines is 3.